The van der Waals surface area contributed by atoms with Crippen LogP contribution in [0, 0.1) is 0 Å². The third-order valence-electron chi connectivity index (χ3n) is 3.39. The molecule has 2 rings (SSSR count). The van der Waals surface area contributed by atoms with Gasteiger partial charge in [0.2, 0.25) is 0 Å². The molecular weight excluding hydrogens is 491 g/mol. The van der Waals surface area contributed by atoms with Crippen molar-refractivity contribution in [3.05, 3.63) is 62.5 Å². The van der Waals surface area contributed by atoms with Crippen LogP contribution in [-0.4, -0.2) is 20.1 Å². The number of ether oxygens (including phenoxy) is 1. The SMILES string of the molecule is CNCCCNCc1cc(Br)c(OCc2ccccc2)c(Br)c1.Cl.Cl. The van der Waals surface area contributed by atoms with Gasteiger partial charge in [-0.05, 0) is 81.7 Å². The van der Waals surface area contributed by atoms with Gasteiger partial charge in [0, 0.05) is 6.54 Å². The van der Waals surface area contributed by atoms with Crippen LogP contribution in [0.25, 0.3) is 0 Å². The Bertz CT molecular complexity index is 592. The van der Waals surface area contributed by atoms with E-state index in [-0.39, 0.29) is 24.8 Å². The van der Waals surface area contributed by atoms with Gasteiger partial charge in [0.05, 0.1) is 8.95 Å². The quantitative estimate of drug-likeness (QED) is 0.443. The van der Waals surface area contributed by atoms with Crippen LogP contribution in [0.15, 0.2) is 51.4 Å². The fraction of sp³-hybridized carbons (Fsp3) is 0.333. The summed E-state index contributed by atoms with van der Waals surface area (Å²) in [5, 5.41) is 6.59. The van der Waals surface area contributed by atoms with Crippen molar-refractivity contribution in [3.63, 3.8) is 0 Å². The largest absolute Gasteiger partial charge is 0.487 e. The van der Waals surface area contributed by atoms with Crippen molar-refractivity contribution in [2.45, 2.75) is 19.6 Å². The van der Waals surface area contributed by atoms with E-state index in [0.29, 0.717) is 6.61 Å². The molecule has 0 heterocycles. The zero-order chi connectivity index (χ0) is 16.5. The Hall–Kier alpha value is -0.300. The monoisotopic (exact) mass is 512 g/mol. The second-order valence-corrected chi connectivity index (χ2v) is 7.01. The van der Waals surface area contributed by atoms with E-state index in [4.69, 9.17) is 4.74 Å². The van der Waals surface area contributed by atoms with Crippen molar-refractivity contribution in [1.82, 2.24) is 10.6 Å². The lowest BCUT2D eigenvalue weighted by Gasteiger charge is -2.13. The summed E-state index contributed by atoms with van der Waals surface area (Å²) >= 11 is 7.23. The average Bonchev–Trinajstić information content (AvgIpc) is 2.55. The minimum atomic E-state index is 0. The van der Waals surface area contributed by atoms with Gasteiger partial charge < -0.3 is 15.4 Å². The van der Waals surface area contributed by atoms with Crippen LogP contribution >= 0.6 is 56.7 Å². The maximum Gasteiger partial charge on any atom is 0.148 e. The van der Waals surface area contributed by atoms with E-state index in [1.165, 1.54) is 5.56 Å². The van der Waals surface area contributed by atoms with Crippen LogP contribution in [0.4, 0.5) is 0 Å². The van der Waals surface area contributed by atoms with Crippen LogP contribution < -0.4 is 15.4 Å². The van der Waals surface area contributed by atoms with Crippen LogP contribution in [-0.2, 0) is 13.2 Å². The molecule has 0 atom stereocenters. The molecule has 0 aromatic heterocycles. The zero-order valence-electron chi connectivity index (χ0n) is 14.1. The van der Waals surface area contributed by atoms with Gasteiger partial charge in [-0.3, -0.25) is 0 Å². The van der Waals surface area contributed by atoms with E-state index in [9.17, 15) is 0 Å². The molecule has 0 radical (unpaired) electrons. The molecule has 0 aliphatic heterocycles. The molecule has 0 bridgehead atoms. The van der Waals surface area contributed by atoms with Gasteiger partial charge in [-0.25, -0.2) is 0 Å². The number of rotatable bonds is 9. The lowest BCUT2D eigenvalue weighted by Crippen LogP contribution is -2.19. The molecule has 0 aliphatic rings. The van der Waals surface area contributed by atoms with Gasteiger partial charge >= 0.3 is 0 Å². The smallest absolute Gasteiger partial charge is 0.148 e. The Balaban J connectivity index is 0.00000288. The summed E-state index contributed by atoms with van der Waals surface area (Å²) in [4.78, 5) is 0. The number of benzene rings is 2. The van der Waals surface area contributed by atoms with Gasteiger partial charge in [-0.2, -0.15) is 0 Å². The van der Waals surface area contributed by atoms with Crippen molar-refractivity contribution in [2.24, 2.45) is 0 Å². The average molecular weight is 515 g/mol. The standard InChI is InChI=1S/C18H22Br2N2O.2ClH/c1-21-8-5-9-22-12-15-10-16(19)18(17(20)11-15)23-13-14-6-3-2-4-7-14;;/h2-4,6-7,10-11,21-22H,5,8-9,12-13H2,1H3;2*1H. The summed E-state index contributed by atoms with van der Waals surface area (Å²) in [6, 6.07) is 14.4. The first-order valence-electron chi connectivity index (χ1n) is 7.70. The van der Waals surface area contributed by atoms with Gasteiger partial charge in [0.15, 0.2) is 0 Å². The Morgan fingerprint density at radius 2 is 1.56 bits per heavy atom. The minimum Gasteiger partial charge on any atom is -0.487 e. The second-order valence-electron chi connectivity index (χ2n) is 5.30. The third-order valence-corrected chi connectivity index (χ3v) is 4.57. The highest BCUT2D eigenvalue weighted by Gasteiger charge is 2.09. The lowest BCUT2D eigenvalue weighted by molar-refractivity contribution is 0.302. The molecule has 0 saturated carbocycles. The first-order valence-corrected chi connectivity index (χ1v) is 9.29. The molecule has 3 nitrogen and oxygen atoms in total. The summed E-state index contributed by atoms with van der Waals surface area (Å²) in [6.07, 6.45) is 1.12. The topological polar surface area (TPSA) is 33.3 Å². The van der Waals surface area contributed by atoms with E-state index >= 15 is 0 Å². The molecule has 0 unspecified atom stereocenters. The second kappa shape index (κ2) is 13.8. The Labute approximate surface area is 179 Å². The Morgan fingerprint density at radius 1 is 0.920 bits per heavy atom. The van der Waals surface area contributed by atoms with Gasteiger partial charge in [-0.1, -0.05) is 30.3 Å². The highest BCUT2D eigenvalue weighted by atomic mass is 79.9. The summed E-state index contributed by atoms with van der Waals surface area (Å²) in [6.45, 7) is 3.44. The van der Waals surface area contributed by atoms with Crippen LogP contribution in [0.1, 0.15) is 17.5 Å². The van der Waals surface area contributed by atoms with Crippen LogP contribution in [0.5, 0.6) is 5.75 Å². The van der Waals surface area contributed by atoms with Crippen molar-refractivity contribution in [1.29, 1.82) is 0 Å². The molecule has 2 aromatic carbocycles. The molecule has 0 aliphatic carbocycles. The van der Waals surface area contributed by atoms with Crippen LogP contribution in [0.3, 0.4) is 0 Å². The number of hydrogen-bond donors (Lipinski definition) is 2. The fourth-order valence-corrected chi connectivity index (χ4v) is 3.72. The molecule has 0 amide bonds. The van der Waals surface area contributed by atoms with Crippen molar-refractivity contribution >= 4 is 56.7 Å². The molecule has 0 saturated heterocycles. The first-order chi connectivity index (χ1) is 11.2. The van der Waals surface area contributed by atoms with E-state index < -0.39 is 0 Å². The Kier molecular flexibility index (Phi) is 13.7. The predicted molar refractivity (Wildman–Crippen MR) is 117 cm³/mol. The number of hydrogen-bond acceptors (Lipinski definition) is 3. The van der Waals surface area contributed by atoms with E-state index in [1.807, 2.05) is 25.2 Å². The van der Waals surface area contributed by atoms with E-state index in [0.717, 1.165) is 46.3 Å². The van der Waals surface area contributed by atoms with Gasteiger partial charge in [0.25, 0.3) is 0 Å². The third kappa shape index (κ3) is 8.76. The minimum absolute atomic E-state index is 0. The molecule has 2 aromatic rings. The van der Waals surface area contributed by atoms with E-state index in [2.05, 4.69) is 66.8 Å². The zero-order valence-corrected chi connectivity index (χ0v) is 18.9. The van der Waals surface area contributed by atoms with Gasteiger partial charge in [-0.15, -0.1) is 24.8 Å². The lowest BCUT2D eigenvalue weighted by atomic mass is 10.2. The fourth-order valence-electron chi connectivity index (χ4n) is 2.20. The van der Waals surface area contributed by atoms with E-state index in [1.54, 1.807) is 0 Å². The highest BCUT2D eigenvalue weighted by Crippen LogP contribution is 2.35. The molecule has 140 valence electrons. The maximum absolute atomic E-state index is 5.94. The molecule has 0 spiro atoms. The summed E-state index contributed by atoms with van der Waals surface area (Å²) in [7, 11) is 1.97. The molecule has 7 heteroatoms. The Morgan fingerprint density at radius 3 is 2.16 bits per heavy atom. The normalized spacial score (nSPS) is 9.88. The number of nitrogens with one attached hydrogen (secondary N) is 2. The van der Waals surface area contributed by atoms with Crippen molar-refractivity contribution < 1.29 is 4.74 Å². The van der Waals surface area contributed by atoms with Crippen LogP contribution in [0.2, 0.25) is 0 Å². The van der Waals surface area contributed by atoms with Crippen molar-refractivity contribution in [2.75, 3.05) is 20.1 Å². The number of halogens is 4. The summed E-state index contributed by atoms with van der Waals surface area (Å²) in [5.74, 6) is 0.841. The van der Waals surface area contributed by atoms with Crippen molar-refractivity contribution in [3.8, 4) is 5.75 Å². The maximum atomic E-state index is 5.94. The first kappa shape index (κ1) is 24.7. The molecule has 0 fully saturated rings. The summed E-state index contributed by atoms with van der Waals surface area (Å²) < 4.78 is 7.88. The highest BCUT2D eigenvalue weighted by molar-refractivity contribution is 9.11. The molecular formula is C18H24Br2Cl2N2O. The van der Waals surface area contributed by atoms with Gasteiger partial charge in [0.1, 0.15) is 12.4 Å². The predicted octanol–water partition coefficient (Wildman–Crippen LogP) is 5.33. The molecule has 2 N–H and O–H groups in total. The molecule has 25 heavy (non-hydrogen) atoms. The summed E-state index contributed by atoms with van der Waals surface area (Å²) in [5.41, 5.74) is 2.38.